The molecule has 0 aromatic heterocycles. The summed E-state index contributed by atoms with van der Waals surface area (Å²) < 4.78 is 0. The molecular formula is C6H5ClNiO-. The van der Waals surface area contributed by atoms with Crippen LogP contribution in [0.2, 0.25) is 0 Å². The van der Waals surface area contributed by atoms with Crippen LogP contribution in [0.3, 0.4) is 0 Å². The van der Waals surface area contributed by atoms with Gasteiger partial charge in [-0.3, -0.25) is 0 Å². The first-order valence-electron chi connectivity index (χ1n) is 2.15. The van der Waals surface area contributed by atoms with Gasteiger partial charge in [0.1, 0.15) is 0 Å². The predicted octanol–water partition coefficient (Wildman–Crippen LogP) is 1.70. The third-order valence-corrected chi connectivity index (χ3v) is 0.857. The predicted molar refractivity (Wildman–Crippen MR) is 33.6 cm³/mol. The van der Waals surface area contributed by atoms with Gasteiger partial charge in [-0.15, -0.1) is 0 Å². The van der Waals surface area contributed by atoms with Gasteiger partial charge in [-0.25, -0.2) is 12.1 Å². The van der Waals surface area contributed by atoms with E-state index in [0.717, 1.165) is 0 Å². The summed E-state index contributed by atoms with van der Waals surface area (Å²) in [5.41, 5.74) is 0. The molecule has 0 saturated heterocycles. The zero-order valence-corrected chi connectivity index (χ0v) is 6.23. The number of hydrogen-bond donors (Lipinski definition) is 0. The van der Waals surface area contributed by atoms with Gasteiger partial charge in [0, 0.05) is 0 Å². The van der Waals surface area contributed by atoms with Gasteiger partial charge in [0.2, 0.25) is 0 Å². The van der Waals surface area contributed by atoms with Crippen molar-refractivity contribution in [1.29, 1.82) is 0 Å². The Bertz CT molecular complexity index is 148. The Hall–Kier alpha value is -0.286. The number of rotatable bonds is 0. The molecule has 0 aliphatic heterocycles. The van der Waals surface area contributed by atoms with Crippen molar-refractivity contribution in [3.8, 4) is 0 Å². The average molecular weight is 187 g/mol. The molecule has 0 saturated carbocycles. The van der Waals surface area contributed by atoms with Crippen LogP contribution in [0.4, 0.5) is 0 Å². The van der Waals surface area contributed by atoms with E-state index in [1.807, 2.05) is 30.3 Å². The summed E-state index contributed by atoms with van der Waals surface area (Å²) in [5.74, 6) is 0. The van der Waals surface area contributed by atoms with Gasteiger partial charge in [-0.1, -0.05) is 0 Å². The van der Waals surface area contributed by atoms with Crippen LogP contribution in [-0.2, 0) is 17.9 Å². The van der Waals surface area contributed by atoms with Gasteiger partial charge in [0.05, 0.1) is 0 Å². The largest absolute Gasteiger partial charge is 0.214 e. The number of halogens is 1. The standard InChI is InChI=1S/C5H5.CO.ClH.Ni/c1-2-4-5-3-1;1-2;;/h1-5H;;1H;/q-1;;;+1/p-1. The normalized spacial score (nSPS) is 7.22. The van der Waals surface area contributed by atoms with Crippen LogP contribution in [0.1, 0.15) is 0 Å². The summed E-state index contributed by atoms with van der Waals surface area (Å²) in [6.07, 6.45) is 0. The Morgan fingerprint density at radius 1 is 1.44 bits per heavy atom. The first-order valence-corrected chi connectivity index (χ1v) is 4.00. The molecule has 0 aliphatic rings. The molecule has 0 spiro atoms. The quantitative estimate of drug-likeness (QED) is 0.446. The van der Waals surface area contributed by atoms with Crippen LogP contribution in [0.5, 0.6) is 0 Å². The minimum atomic E-state index is 0.389. The molecule has 0 atom stereocenters. The molecular weight excluding hydrogens is 182 g/mol. The van der Waals surface area contributed by atoms with Crippen molar-refractivity contribution < 1.29 is 17.9 Å². The maximum atomic E-state index is 8.89. The van der Waals surface area contributed by atoms with Gasteiger partial charge in [0.15, 0.2) is 0 Å². The van der Waals surface area contributed by atoms with Crippen molar-refractivity contribution in [3.63, 3.8) is 0 Å². The minimum absolute atomic E-state index is 0.389. The summed E-state index contributed by atoms with van der Waals surface area (Å²) >= 11 is 0.389. The van der Waals surface area contributed by atoms with E-state index in [9.17, 15) is 0 Å². The molecule has 0 unspecified atom stereocenters. The van der Waals surface area contributed by atoms with Crippen molar-refractivity contribution >= 4 is 15.1 Å². The van der Waals surface area contributed by atoms with Crippen LogP contribution in [0.25, 0.3) is 0 Å². The SMILES string of the molecule is O=[C]=[Ni][Cl].c1cc[cH-]c1. The topological polar surface area (TPSA) is 17.1 Å². The van der Waals surface area contributed by atoms with E-state index in [1.165, 1.54) is 4.86 Å². The van der Waals surface area contributed by atoms with Crippen molar-refractivity contribution in [3.05, 3.63) is 30.3 Å². The van der Waals surface area contributed by atoms with Crippen molar-refractivity contribution in [2.45, 2.75) is 0 Å². The van der Waals surface area contributed by atoms with Crippen LogP contribution >= 0.6 is 10.2 Å². The summed E-state index contributed by atoms with van der Waals surface area (Å²) in [6, 6.07) is 10.0. The summed E-state index contributed by atoms with van der Waals surface area (Å²) in [4.78, 5) is 10.3. The smallest absolute Gasteiger partial charge is 0.172 e. The second kappa shape index (κ2) is 7.71. The first-order chi connectivity index (χ1) is 4.41. The molecule has 0 heterocycles. The van der Waals surface area contributed by atoms with Gasteiger partial charge in [-0.2, -0.15) is 18.2 Å². The summed E-state index contributed by atoms with van der Waals surface area (Å²) in [7, 11) is 4.70. The molecule has 0 amide bonds. The molecule has 1 aromatic rings. The van der Waals surface area contributed by atoms with Crippen LogP contribution in [-0.4, -0.2) is 4.86 Å². The van der Waals surface area contributed by atoms with Crippen molar-refractivity contribution in [1.82, 2.24) is 0 Å². The fourth-order valence-corrected chi connectivity index (χ4v) is 0.321. The van der Waals surface area contributed by atoms with E-state index < -0.39 is 0 Å². The molecule has 1 rings (SSSR count). The van der Waals surface area contributed by atoms with Gasteiger partial charge in [-0.05, 0) is 0 Å². The van der Waals surface area contributed by atoms with Crippen LogP contribution in [0, 0.1) is 0 Å². The fraction of sp³-hybridized carbons (Fsp3) is 0. The van der Waals surface area contributed by atoms with Crippen LogP contribution in [0.15, 0.2) is 30.3 Å². The summed E-state index contributed by atoms with van der Waals surface area (Å²) in [5, 5.41) is 0. The van der Waals surface area contributed by atoms with Crippen molar-refractivity contribution in [2.24, 2.45) is 0 Å². The molecule has 0 aliphatic carbocycles. The van der Waals surface area contributed by atoms with Gasteiger partial charge < -0.3 is 0 Å². The molecule has 1 nitrogen and oxygen atoms in total. The minimum Gasteiger partial charge on any atom is -0.214 e. The Morgan fingerprint density at radius 2 is 1.89 bits per heavy atom. The van der Waals surface area contributed by atoms with Gasteiger partial charge >= 0.3 is 33.0 Å². The van der Waals surface area contributed by atoms with E-state index >= 15 is 0 Å². The third kappa shape index (κ3) is 7.71. The van der Waals surface area contributed by atoms with Crippen molar-refractivity contribution in [2.75, 3.05) is 0 Å². The maximum Gasteiger partial charge on any atom is -0.172 e. The summed E-state index contributed by atoms with van der Waals surface area (Å²) in [6.45, 7) is 0. The Morgan fingerprint density at radius 3 is 2.00 bits per heavy atom. The monoisotopic (exact) mass is 186 g/mol. The number of carbonyl (C=O) groups excluding carboxylic acids is 1. The Balaban J connectivity index is 0.000000148. The Kier molecular flexibility index (Phi) is 7.47. The van der Waals surface area contributed by atoms with Gasteiger partial charge in [0.25, 0.3) is 0 Å². The molecule has 53 valence electrons. The average Bonchev–Trinajstić information content (AvgIpc) is 2.43. The fourth-order valence-electron chi connectivity index (χ4n) is 0.321. The zero-order valence-electron chi connectivity index (χ0n) is 4.49. The molecule has 3 heteroatoms. The van der Waals surface area contributed by atoms with E-state index in [-0.39, 0.29) is 0 Å². The number of hydrogen-bond acceptors (Lipinski definition) is 1. The van der Waals surface area contributed by atoms with Crippen LogP contribution < -0.4 is 0 Å². The van der Waals surface area contributed by atoms with E-state index in [4.69, 9.17) is 15.0 Å². The maximum absolute atomic E-state index is 8.89. The molecule has 0 fully saturated rings. The molecule has 0 radical (unpaired) electrons. The van der Waals surface area contributed by atoms with E-state index in [0.29, 0.717) is 13.1 Å². The molecule has 0 bridgehead atoms. The first kappa shape index (κ1) is 8.71. The van der Waals surface area contributed by atoms with E-state index in [1.54, 1.807) is 0 Å². The third-order valence-electron chi connectivity index (χ3n) is 0.580. The van der Waals surface area contributed by atoms with E-state index in [2.05, 4.69) is 0 Å². The zero-order chi connectivity index (χ0) is 6.95. The molecule has 1 aromatic carbocycles. The second-order valence-corrected chi connectivity index (χ2v) is 1.97. The molecule has 0 N–H and O–H groups in total. The second-order valence-electron chi connectivity index (χ2n) is 1.09. The molecule has 9 heavy (non-hydrogen) atoms. The Labute approximate surface area is 63.6 Å².